The Bertz CT molecular complexity index is 436. The summed E-state index contributed by atoms with van der Waals surface area (Å²) in [4.78, 5) is 22.7. The van der Waals surface area contributed by atoms with Gasteiger partial charge in [-0.2, -0.15) is 0 Å². The normalized spacial score (nSPS) is 14.1. The van der Waals surface area contributed by atoms with Crippen molar-refractivity contribution in [1.82, 2.24) is 5.32 Å². The van der Waals surface area contributed by atoms with Crippen molar-refractivity contribution in [2.24, 2.45) is 5.92 Å². The zero-order chi connectivity index (χ0) is 13.0. The number of hydrogen-bond donors (Lipinski definition) is 2. The molecule has 1 fully saturated rings. The molecule has 96 valence electrons. The molecule has 1 aliphatic carbocycles. The number of amides is 2. The largest absolute Gasteiger partial charge is 0.359 e. The third kappa shape index (κ3) is 3.58. The summed E-state index contributed by atoms with van der Waals surface area (Å²) < 4.78 is 0. The van der Waals surface area contributed by atoms with Gasteiger partial charge in [0.15, 0.2) is 0 Å². The zero-order valence-electron chi connectivity index (χ0n) is 10.5. The molecule has 4 nitrogen and oxygen atoms in total. The van der Waals surface area contributed by atoms with Gasteiger partial charge in [-0.15, -0.1) is 0 Å². The molecule has 0 aromatic heterocycles. The Balaban J connectivity index is 1.84. The molecule has 0 heterocycles. The molecule has 2 amide bonds. The van der Waals surface area contributed by atoms with Crippen molar-refractivity contribution in [3.05, 3.63) is 29.8 Å². The zero-order valence-corrected chi connectivity index (χ0v) is 10.5. The highest BCUT2D eigenvalue weighted by atomic mass is 16.2. The van der Waals surface area contributed by atoms with Crippen LogP contribution >= 0.6 is 0 Å². The van der Waals surface area contributed by atoms with Crippen LogP contribution in [0.4, 0.5) is 5.69 Å². The fourth-order valence-corrected chi connectivity index (χ4v) is 1.73. The van der Waals surface area contributed by atoms with E-state index in [4.69, 9.17) is 0 Å². The van der Waals surface area contributed by atoms with Crippen molar-refractivity contribution in [2.45, 2.75) is 25.7 Å². The second-order valence-electron chi connectivity index (χ2n) is 4.63. The van der Waals surface area contributed by atoms with Crippen molar-refractivity contribution < 1.29 is 9.59 Å². The van der Waals surface area contributed by atoms with Gasteiger partial charge in [0.2, 0.25) is 11.8 Å². The predicted octanol–water partition coefficient (Wildman–Crippen LogP) is 1.71. The fourth-order valence-electron chi connectivity index (χ4n) is 1.73. The van der Waals surface area contributed by atoms with Crippen LogP contribution in [-0.2, 0) is 16.0 Å². The van der Waals surface area contributed by atoms with Crippen LogP contribution in [0.3, 0.4) is 0 Å². The van der Waals surface area contributed by atoms with Crippen LogP contribution in [0.15, 0.2) is 24.3 Å². The first-order valence-corrected chi connectivity index (χ1v) is 6.29. The van der Waals surface area contributed by atoms with E-state index in [1.807, 2.05) is 24.3 Å². The first-order valence-electron chi connectivity index (χ1n) is 6.29. The summed E-state index contributed by atoms with van der Waals surface area (Å²) in [6, 6.07) is 7.68. The van der Waals surface area contributed by atoms with Crippen LogP contribution in [0, 0.1) is 5.92 Å². The van der Waals surface area contributed by atoms with Gasteiger partial charge in [-0.25, -0.2) is 0 Å². The van der Waals surface area contributed by atoms with Crippen molar-refractivity contribution in [2.75, 3.05) is 12.4 Å². The highest BCUT2D eigenvalue weighted by molar-refractivity contribution is 5.94. The lowest BCUT2D eigenvalue weighted by Gasteiger charge is -2.05. The molecule has 2 rings (SSSR count). The Hall–Kier alpha value is -1.84. The van der Waals surface area contributed by atoms with Gasteiger partial charge in [0, 0.05) is 25.1 Å². The molecule has 1 saturated carbocycles. The van der Waals surface area contributed by atoms with Gasteiger partial charge in [-0.3, -0.25) is 9.59 Å². The Morgan fingerprint density at radius 1 is 1.22 bits per heavy atom. The Kier molecular flexibility index (Phi) is 3.97. The second-order valence-corrected chi connectivity index (χ2v) is 4.63. The molecular formula is C14H18N2O2. The molecule has 0 unspecified atom stereocenters. The van der Waals surface area contributed by atoms with Crippen molar-refractivity contribution in [3.63, 3.8) is 0 Å². The maximum Gasteiger partial charge on any atom is 0.227 e. The molecule has 1 aromatic rings. The summed E-state index contributed by atoms with van der Waals surface area (Å²) in [5, 5.41) is 5.49. The van der Waals surface area contributed by atoms with Gasteiger partial charge in [0.1, 0.15) is 0 Å². The highest BCUT2D eigenvalue weighted by Crippen LogP contribution is 2.30. The number of rotatable bonds is 5. The van der Waals surface area contributed by atoms with Crippen LogP contribution in [0.5, 0.6) is 0 Å². The number of hydrogen-bond acceptors (Lipinski definition) is 2. The summed E-state index contributed by atoms with van der Waals surface area (Å²) in [5.74, 6) is 0.382. The molecule has 0 aliphatic heterocycles. The van der Waals surface area contributed by atoms with Crippen LogP contribution < -0.4 is 10.6 Å². The van der Waals surface area contributed by atoms with Gasteiger partial charge in [0.25, 0.3) is 0 Å². The average Bonchev–Trinajstić information content (AvgIpc) is 3.21. The minimum Gasteiger partial charge on any atom is -0.359 e. The summed E-state index contributed by atoms with van der Waals surface area (Å²) in [6.45, 7) is 0. The van der Waals surface area contributed by atoms with Crippen LogP contribution in [0.1, 0.15) is 24.8 Å². The topological polar surface area (TPSA) is 58.2 Å². The average molecular weight is 246 g/mol. The smallest absolute Gasteiger partial charge is 0.227 e. The fraction of sp³-hybridized carbons (Fsp3) is 0.429. The van der Waals surface area contributed by atoms with Crippen molar-refractivity contribution >= 4 is 17.5 Å². The lowest BCUT2D eigenvalue weighted by Crippen LogP contribution is -2.17. The quantitative estimate of drug-likeness (QED) is 0.831. The maximum atomic E-state index is 11.5. The monoisotopic (exact) mass is 246 g/mol. The van der Waals surface area contributed by atoms with Gasteiger partial charge in [0.05, 0.1) is 0 Å². The van der Waals surface area contributed by atoms with E-state index in [1.54, 1.807) is 7.05 Å². The van der Waals surface area contributed by atoms with E-state index in [9.17, 15) is 9.59 Å². The van der Waals surface area contributed by atoms with E-state index in [-0.39, 0.29) is 17.7 Å². The number of anilines is 1. The number of nitrogens with one attached hydrogen (secondary N) is 2. The minimum atomic E-state index is 0.0427. The van der Waals surface area contributed by atoms with E-state index in [0.29, 0.717) is 6.42 Å². The number of carbonyl (C=O) groups excluding carboxylic acids is 2. The number of carbonyl (C=O) groups is 2. The third-order valence-corrected chi connectivity index (χ3v) is 3.09. The van der Waals surface area contributed by atoms with Crippen molar-refractivity contribution in [1.29, 1.82) is 0 Å². The van der Waals surface area contributed by atoms with E-state index < -0.39 is 0 Å². The molecule has 0 atom stereocenters. The molecule has 0 radical (unpaired) electrons. The number of benzene rings is 1. The second kappa shape index (κ2) is 5.67. The van der Waals surface area contributed by atoms with E-state index in [0.717, 1.165) is 30.5 Å². The molecule has 0 bridgehead atoms. The lowest BCUT2D eigenvalue weighted by molar-refractivity contribution is -0.120. The molecule has 4 heteroatoms. The van der Waals surface area contributed by atoms with Crippen LogP contribution in [0.2, 0.25) is 0 Å². The SMILES string of the molecule is CNC(=O)CCc1ccc(NC(=O)C2CC2)cc1. The van der Waals surface area contributed by atoms with Gasteiger partial charge >= 0.3 is 0 Å². The van der Waals surface area contributed by atoms with Crippen LogP contribution in [0.25, 0.3) is 0 Å². The summed E-state index contributed by atoms with van der Waals surface area (Å²) in [6.07, 6.45) is 3.23. The third-order valence-electron chi connectivity index (χ3n) is 3.09. The summed E-state index contributed by atoms with van der Waals surface area (Å²) in [7, 11) is 1.64. The Morgan fingerprint density at radius 2 is 1.89 bits per heavy atom. The van der Waals surface area contributed by atoms with Crippen molar-refractivity contribution in [3.8, 4) is 0 Å². The van der Waals surface area contributed by atoms with E-state index >= 15 is 0 Å². The minimum absolute atomic E-state index is 0.0427. The molecule has 0 spiro atoms. The molecule has 2 N–H and O–H groups in total. The first-order chi connectivity index (χ1) is 8.69. The molecular weight excluding hydrogens is 228 g/mol. The standard InChI is InChI=1S/C14H18N2O2/c1-15-13(17)9-4-10-2-7-12(8-3-10)16-14(18)11-5-6-11/h2-3,7-8,11H,4-6,9H2,1H3,(H,15,17)(H,16,18). The van der Waals surface area contributed by atoms with Gasteiger partial charge < -0.3 is 10.6 Å². The molecule has 0 saturated heterocycles. The highest BCUT2D eigenvalue weighted by Gasteiger charge is 2.29. The Morgan fingerprint density at radius 3 is 2.44 bits per heavy atom. The first kappa shape index (κ1) is 12.6. The molecule has 1 aliphatic rings. The maximum absolute atomic E-state index is 11.5. The Labute approximate surface area is 107 Å². The molecule has 18 heavy (non-hydrogen) atoms. The molecule has 1 aromatic carbocycles. The van der Waals surface area contributed by atoms with E-state index in [2.05, 4.69) is 10.6 Å². The van der Waals surface area contributed by atoms with E-state index in [1.165, 1.54) is 0 Å². The summed E-state index contributed by atoms with van der Waals surface area (Å²) in [5.41, 5.74) is 1.93. The predicted molar refractivity (Wildman–Crippen MR) is 70.2 cm³/mol. The van der Waals surface area contributed by atoms with Gasteiger partial charge in [-0.1, -0.05) is 12.1 Å². The lowest BCUT2D eigenvalue weighted by atomic mass is 10.1. The summed E-state index contributed by atoms with van der Waals surface area (Å²) >= 11 is 0. The van der Waals surface area contributed by atoms with Crippen LogP contribution in [-0.4, -0.2) is 18.9 Å². The number of aryl methyl sites for hydroxylation is 1. The van der Waals surface area contributed by atoms with Gasteiger partial charge in [-0.05, 0) is 37.0 Å².